The topological polar surface area (TPSA) is 33.7 Å². The van der Waals surface area contributed by atoms with Crippen molar-refractivity contribution >= 4 is 11.6 Å². The number of alkyl halides is 2. The molecule has 0 aliphatic carbocycles. The molecule has 4 nitrogen and oxygen atoms in total. The maximum absolute atomic E-state index is 12.3. The van der Waals surface area contributed by atoms with Gasteiger partial charge in [-0.3, -0.25) is 4.90 Å². The van der Waals surface area contributed by atoms with Crippen LogP contribution in [0.15, 0.2) is 24.3 Å². The summed E-state index contributed by atoms with van der Waals surface area (Å²) in [5.41, 5.74) is 1.21. The predicted molar refractivity (Wildman–Crippen MR) is 93.2 cm³/mol. The van der Waals surface area contributed by atoms with Gasteiger partial charge in [0.2, 0.25) is 0 Å². The Kier molecular flexibility index (Phi) is 7.01. The van der Waals surface area contributed by atoms with Gasteiger partial charge >= 0.3 is 6.61 Å². The molecule has 0 bridgehead atoms. The van der Waals surface area contributed by atoms with E-state index in [2.05, 4.69) is 15.0 Å². The Morgan fingerprint density at radius 2 is 1.96 bits per heavy atom. The zero-order valence-electron chi connectivity index (χ0n) is 14.2. The van der Waals surface area contributed by atoms with Gasteiger partial charge in [-0.25, -0.2) is 0 Å². The number of nitrogens with zero attached hydrogens (tertiary/aromatic N) is 1. The number of halogens is 3. The minimum atomic E-state index is -2.75. The first-order chi connectivity index (χ1) is 12.1. The Hall–Kier alpha value is -0.790. The maximum Gasteiger partial charge on any atom is 0.345 e. The van der Waals surface area contributed by atoms with Crippen molar-refractivity contribution in [2.24, 2.45) is 0 Å². The third-order valence-corrected chi connectivity index (χ3v) is 5.23. The van der Waals surface area contributed by atoms with Crippen LogP contribution >= 0.6 is 11.6 Å². The number of benzene rings is 1. The molecule has 140 valence electrons. The molecule has 0 radical (unpaired) electrons. The second kappa shape index (κ2) is 9.24. The van der Waals surface area contributed by atoms with E-state index in [-0.39, 0.29) is 18.8 Å². The molecule has 2 aliphatic heterocycles. The highest BCUT2D eigenvalue weighted by Crippen LogP contribution is 2.24. The zero-order chi connectivity index (χ0) is 17.6. The first kappa shape index (κ1) is 19.0. The molecule has 0 spiro atoms. The Bertz CT molecular complexity index is 526. The Morgan fingerprint density at radius 1 is 1.24 bits per heavy atom. The van der Waals surface area contributed by atoms with E-state index in [0.29, 0.717) is 19.2 Å². The average Bonchev–Trinajstić information content (AvgIpc) is 2.63. The van der Waals surface area contributed by atoms with Gasteiger partial charge < -0.3 is 14.8 Å². The first-order valence-corrected chi connectivity index (χ1v) is 9.22. The fraction of sp³-hybridized carbons (Fsp3) is 0.667. The van der Waals surface area contributed by atoms with E-state index >= 15 is 0 Å². The molecule has 2 fully saturated rings. The summed E-state index contributed by atoms with van der Waals surface area (Å²) < 4.78 is 34.9. The van der Waals surface area contributed by atoms with Crippen molar-refractivity contribution in [2.45, 2.75) is 44.1 Å². The highest BCUT2D eigenvalue weighted by Gasteiger charge is 2.34. The van der Waals surface area contributed by atoms with Crippen LogP contribution in [0.4, 0.5) is 8.78 Å². The fourth-order valence-electron chi connectivity index (χ4n) is 3.71. The molecule has 3 rings (SSSR count). The van der Waals surface area contributed by atoms with Crippen LogP contribution in [-0.4, -0.2) is 62.5 Å². The Morgan fingerprint density at radius 3 is 2.64 bits per heavy atom. The molecule has 2 unspecified atom stereocenters. The lowest BCUT2D eigenvalue weighted by Crippen LogP contribution is -2.57. The summed E-state index contributed by atoms with van der Waals surface area (Å²) in [6, 6.07) is 8.57. The molecule has 2 saturated heterocycles. The molecule has 0 saturated carbocycles. The van der Waals surface area contributed by atoms with Gasteiger partial charge in [-0.2, -0.15) is 8.78 Å². The summed E-state index contributed by atoms with van der Waals surface area (Å²) in [6.07, 6.45) is 2.70. The molecule has 2 atom stereocenters. The van der Waals surface area contributed by atoms with Crippen LogP contribution in [-0.2, 0) is 15.9 Å². The normalized spacial score (nSPS) is 26.2. The lowest BCUT2D eigenvalue weighted by Gasteiger charge is -2.45. The summed E-state index contributed by atoms with van der Waals surface area (Å²) in [5.74, 6) is 0. The quantitative estimate of drug-likeness (QED) is 0.830. The lowest BCUT2D eigenvalue weighted by molar-refractivity contribution is -0.174. The summed E-state index contributed by atoms with van der Waals surface area (Å²) in [5, 5.41) is 4.10. The molecule has 2 aliphatic rings. The largest absolute Gasteiger partial charge is 0.373 e. The van der Waals surface area contributed by atoms with E-state index in [1.807, 2.05) is 24.3 Å². The van der Waals surface area contributed by atoms with Crippen molar-refractivity contribution in [1.82, 2.24) is 10.2 Å². The van der Waals surface area contributed by atoms with Crippen LogP contribution in [0.5, 0.6) is 0 Å². The van der Waals surface area contributed by atoms with Crippen molar-refractivity contribution in [1.29, 1.82) is 0 Å². The monoisotopic (exact) mass is 374 g/mol. The maximum atomic E-state index is 12.3. The molecule has 7 heteroatoms. The third kappa shape index (κ3) is 5.59. The average molecular weight is 375 g/mol. The number of hydrogen-bond donors (Lipinski definition) is 1. The minimum absolute atomic E-state index is 0.0627. The van der Waals surface area contributed by atoms with Crippen molar-refractivity contribution < 1.29 is 18.3 Å². The van der Waals surface area contributed by atoms with Gasteiger partial charge in [0.05, 0.1) is 19.3 Å². The molecule has 0 amide bonds. The molecule has 0 aromatic heterocycles. The molecule has 1 aromatic carbocycles. The van der Waals surface area contributed by atoms with Gasteiger partial charge in [0, 0.05) is 23.7 Å². The van der Waals surface area contributed by atoms with Crippen molar-refractivity contribution in [3.63, 3.8) is 0 Å². The molecular formula is C18H25ClF2N2O2. The van der Waals surface area contributed by atoms with Crippen molar-refractivity contribution in [2.75, 3.05) is 32.8 Å². The summed E-state index contributed by atoms with van der Waals surface area (Å²) in [7, 11) is 0. The van der Waals surface area contributed by atoms with Crippen LogP contribution in [0.1, 0.15) is 18.4 Å². The van der Waals surface area contributed by atoms with Gasteiger partial charge in [0.1, 0.15) is 0 Å². The number of rotatable bonds is 6. The molecule has 25 heavy (non-hydrogen) atoms. The van der Waals surface area contributed by atoms with E-state index in [4.69, 9.17) is 16.3 Å². The van der Waals surface area contributed by atoms with Gasteiger partial charge in [-0.15, -0.1) is 0 Å². The Balaban J connectivity index is 1.65. The highest BCUT2D eigenvalue weighted by molar-refractivity contribution is 6.30. The van der Waals surface area contributed by atoms with Crippen LogP contribution < -0.4 is 5.32 Å². The molecule has 1 N–H and O–H groups in total. The summed E-state index contributed by atoms with van der Waals surface area (Å²) in [4.78, 5) is 2.44. The van der Waals surface area contributed by atoms with Gasteiger partial charge in [-0.1, -0.05) is 23.7 Å². The van der Waals surface area contributed by atoms with E-state index in [0.717, 1.165) is 37.4 Å². The zero-order valence-corrected chi connectivity index (χ0v) is 14.9. The molecular weight excluding hydrogens is 350 g/mol. The molecule has 1 aromatic rings. The Labute approximate surface area is 152 Å². The highest BCUT2D eigenvalue weighted by atomic mass is 35.5. The minimum Gasteiger partial charge on any atom is -0.373 e. The van der Waals surface area contributed by atoms with Crippen molar-refractivity contribution in [3.05, 3.63) is 34.9 Å². The fourth-order valence-corrected chi connectivity index (χ4v) is 3.84. The number of piperidine rings is 1. The number of hydrogen-bond acceptors (Lipinski definition) is 4. The smallest absolute Gasteiger partial charge is 0.345 e. The lowest BCUT2D eigenvalue weighted by atomic mass is 9.97. The SMILES string of the molecule is FC(F)OCC1CN(C2CCNCC2)C(Cc2ccc(Cl)cc2)CO1. The van der Waals surface area contributed by atoms with E-state index in [1.54, 1.807) is 0 Å². The first-order valence-electron chi connectivity index (χ1n) is 8.84. The van der Waals surface area contributed by atoms with Crippen molar-refractivity contribution in [3.8, 4) is 0 Å². The van der Waals surface area contributed by atoms with Gasteiger partial charge in [-0.05, 0) is 50.0 Å². The summed E-state index contributed by atoms with van der Waals surface area (Å²) >= 11 is 5.97. The van der Waals surface area contributed by atoms with Gasteiger partial charge in [0.25, 0.3) is 0 Å². The van der Waals surface area contributed by atoms with Crippen LogP contribution in [0.2, 0.25) is 5.02 Å². The second-order valence-corrected chi connectivity index (χ2v) is 7.15. The summed E-state index contributed by atoms with van der Waals surface area (Å²) in [6.45, 7) is 0.344. The van der Waals surface area contributed by atoms with E-state index in [1.165, 1.54) is 5.56 Å². The van der Waals surface area contributed by atoms with Gasteiger partial charge in [0.15, 0.2) is 0 Å². The number of morpholine rings is 1. The number of ether oxygens (including phenoxy) is 2. The van der Waals surface area contributed by atoms with E-state index in [9.17, 15) is 8.78 Å². The van der Waals surface area contributed by atoms with Crippen LogP contribution in [0, 0.1) is 0 Å². The second-order valence-electron chi connectivity index (χ2n) is 6.71. The predicted octanol–water partition coefficient (Wildman–Crippen LogP) is 2.94. The van der Waals surface area contributed by atoms with E-state index < -0.39 is 6.61 Å². The standard InChI is InChI=1S/C18H25ClF2N2O2/c19-14-3-1-13(2-4-14)9-16-11-24-17(12-25-18(20)21)10-23(16)15-5-7-22-8-6-15/h1-4,15-18,22H,5-12H2. The molecule has 2 heterocycles. The number of nitrogens with one attached hydrogen (secondary N) is 1. The van der Waals surface area contributed by atoms with Crippen LogP contribution in [0.3, 0.4) is 0 Å². The third-order valence-electron chi connectivity index (χ3n) is 4.98. The van der Waals surface area contributed by atoms with Crippen LogP contribution in [0.25, 0.3) is 0 Å².